The van der Waals surface area contributed by atoms with E-state index in [1.807, 2.05) is 13.8 Å². The van der Waals surface area contributed by atoms with E-state index in [-0.39, 0.29) is 6.04 Å². The number of nitrogens with one attached hydrogen (secondary N) is 2. The van der Waals surface area contributed by atoms with Crippen LogP contribution in [0.4, 0.5) is 0 Å². The lowest BCUT2D eigenvalue weighted by atomic mass is 10.3. The molecule has 5 heteroatoms. The first-order valence-corrected chi connectivity index (χ1v) is 6.89. The van der Waals surface area contributed by atoms with Crippen molar-refractivity contribution in [3.63, 3.8) is 0 Å². The summed E-state index contributed by atoms with van der Waals surface area (Å²) >= 11 is 0. The van der Waals surface area contributed by atoms with Gasteiger partial charge in [-0.15, -0.1) is 0 Å². The van der Waals surface area contributed by atoms with Crippen molar-refractivity contribution in [2.45, 2.75) is 32.7 Å². The summed E-state index contributed by atoms with van der Waals surface area (Å²) in [4.78, 5) is 0. The van der Waals surface area contributed by atoms with Gasteiger partial charge in [0.25, 0.3) is 0 Å². The maximum absolute atomic E-state index is 11.5. The zero-order chi connectivity index (χ0) is 10.6. The van der Waals surface area contributed by atoms with Crippen molar-refractivity contribution in [3.05, 3.63) is 0 Å². The highest BCUT2D eigenvalue weighted by Gasteiger charge is 2.27. The Morgan fingerprint density at radius 2 is 2.07 bits per heavy atom. The third kappa shape index (κ3) is 4.93. The zero-order valence-electron chi connectivity index (χ0n) is 8.91. The molecule has 1 aliphatic rings. The molecular weight excluding hydrogens is 200 g/mol. The van der Waals surface area contributed by atoms with Crippen LogP contribution >= 0.6 is 0 Å². The van der Waals surface area contributed by atoms with Crippen LogP contribution in [0.5, 0.6) is 0 Å². The average molecular weight is 220 g/mol. The summed E-state index contributed by atoms with van der Waals surface area (Å²) in [6.45, 7) is 5.34. The van der Waals surface area contributed by atoms with Gasteiger partial charge in [0, 0.05) is 12.6 Å². The minimum atomic E-state index is -3.02. The second-order valence-electron chi connectivity index (χ2n) is 4.03. The molecule has 0 aromatic carbocycles. The van der Waals surface area contributed by atoms with Crippen LogP contribution in [-0.4, -0.2) is 33.3 Å². The Kier molecular flexibility index (Phi) is 4.34. The van der Waals surface area contributed by atoms with E-state index in [1.165, 1.54) is 0 Å². The van der Waals surface area contributed by atoms with Crippen LogP contribution in [0.25, 0.3) is 0 Å². The minimum Gasteiger partial charge on any atom is -0.313 e. The molecule has 0 saturated heterocycles. The summed E-state index contributed by atoms with van der Waals surface area (Å²) in [6.07, 6.45) is 2.15. The molecule has 1 aliphatic carbocycles. The first kappa shape index (κ1) is 11.9. The summed E-state index contributed by atoms with van der Waals surface area (Å²) in [5, 5.41) is 3.16. The molecule has 1 saturated carbocycles. The Hall–Kier alpha value is -0.130. The first-order valence-electron chi connectivity index (χ1n) is 5.24. The number of likely N-dealkylation sites (N-methyl/N-ethyl adjacent to an activating group) is 1. The summed E-state index contributed by atoms with van der Waals surface area (Å²) in [5.41, 5.74) is 0. The Morgan fingerprint density at radius 3 is 2.57 bits per heavy atom. The molecular formula is C9H20N2O2S. The Balaban J connectivity index is 2.20. The molecule has 1 fully saturated rings. The molecule has 0 aromatic rings. The lowest BCUT2D eigenvalue weighted by Crippen LogP contribution is -2.39. The van der Waals surface area contributed by atoms with E-state index >= 15 is 0 Å². The van der Waals surface area contributed by atoms with Crippen molar-refractivity contribution in [1.29, 1.82) is 0 Å². The number of hydrogen-bond acceptors (Lipinski definition) is 3. The van der Waals surface area contributed by atoms with Gasteiger partial charge in [-0.2, -0.15) is 0 Å². The molecule has 1 rings (SSSR count). The molecule has 0 bridgehead atoms. The van der Waals surface area contributed by atoms with Gasteiger partial charge in [0.05, 0.1) is 5.75 Å². The number of rotatable bonds is 7. The average Bonchev–Trinajstić information content (AvgIpc) is 2.85. The maximum atomic E-state index is 11.5. The molecule has 0 aromatic heterocycles. The maximum Gasteiger partial charge on any atom is 0.211 e. The third-order valence-corrected chi connectivity index (χ3v) is 3.83. The predicted octanol–water partition coefficient (Wildman–Crippen LogP) is 0.314. The second kappa shape index (κ2) is 5.09. The van der Waals surface area contributed by atoms with E-state index < -0.39 is 10.0 Å². The highest BCUT2D eigenvalue weighted by molar-refractivity contribution is 7.89. The molecule has 4 nitrogen and oxygen atoms in total. The topological polar surface area (TPSA) is 58.2 Å². The van der Waals surface area contributed by atoms with Crippen LogP contribution < -0.4 is 10.0 Å². The van der Waals surface area contributed by atoms with Gasteiger partial charge in [-0.25, -0.2) is 13.1 Å². The molecule has 84 valence electrons. The molecule has 0 unspecified atom stereocenters. The molecule has 0 heterocycles. The SMILES string of the molecule is CCN[C@H](C)CNS(=O)(=O)CC1CC1. The lowest BCUT2D eigenvalue weighted by Gasteiger charge is -2.13. The van der Waals surface area contributed by atoms with Crippen molar-refractivity contribution in [2.24, 2.45) is 5.92 Å². The summed E-state index contributed by atoms with van der Waals surface area (Å²) in [7, 11) is -3.02. The van der Waals surface area contributed by atoms with Crippen LogP contribution in [-0.2, 0) is 10.0 Å². The Bertz CT molecular complexity index is 260. The van der Waals surface area contributed by atoms with E-state index in [0.29, 0.717) is 18.2 Å². The fraction of sp³-hybridized carbons (Fsp3) is 1.00. The Labute approximate surface area is 86.5 Å². The van der Waals surface area contributed by atoms with E-state index in [4.69, 9.17) is 0 Å². The third-order valence-electron chi connectivity index (χ3n) is 2.31. The normalized spacial score (nSPS) is 19.6. The minimum absolute atomic E-state index is 0.203. The van der Waals surface area contributed by atoms with Gasteiger partial charge in [0.1, 0.15) is 0 Å². The van der Waals surface area contributed by atoms with Crippen molar-refractivity contribution >= 4 is 10.0 Å². The predicted molar refractivity (Wildman–Crippen MR) is 57.7 cm³/mol. The highest BCUT2D eigenvalue weighted by Crippen LogP contribution is 2.29. The molecule has 14 heavy (non-hydrogen) atoms. The van der Waals surface area contributed by atoms with E-state index in [2.05, 4.69) is 10.0 Å². The van der Waals surface area contributed by atoms with E-state index in [1.54, 1.807) is 0 Å². The standard InChI is InChI=1S/C9H20N2O2S/c1-3-10-8(2)6-11-14(12,13)7-9-4-5-9/h8-11H,3-7H2,1-2H3/t8-/m1/s1. The first-order chi connectivity index (χ1) is 6.53. The van der Waals surface area contributed by atoms with Gasteiger partial charge in [-0.05, 0) is 32.2 Å². The molecule has 0 spiro atoms. The highest BCUT2D eigenvalue weighted by atomic mass is 32.2. The molecule has 0 amide bonds. The fourth-order valence-corrected chi connectivity index (χ4v) is 2.90. The van der Waals surface area contributed by atoms with Gasteiger partial charge >= 0.3 is 0 Å². The molecule has 1 atom stereocenters. The fourth-order valence-electron chi connectivity index (χ4n) is 1.33. The molecule has 2 N–H and O–H groups in total. The van der Waals surface area contributed by atoms with Crippen LogP contribution in [0, 0.1) is 5.92 Å². The molecule has 0 radical (unpaired) electrons. The Morgan fingerprint density at radius 1 is 1.43 bits per heavy atom. The zero-order valence-corrected chi connectivity index (χ0v) is 9.73. The number of hydrogen-bond donors (Lipinski definition) is 2. The van der Waals surface area contributed by atoms with Gasteiger partial charge < -0.3 is 5.32 Å². The smallest absolute Gasteiger partial charge is 0.211 e. The summed E-state index contributed by atoms with van der Waals surface area (Å²) in [6, 6.07) is 0.203. The van der Waals surface area contributed by atoms with Crippen LogP contribution in [0.2, 0.25) is 0 Å². The second-order valence-corrected chi connectivity index (χ2v) is 5.88. The van der Waals surface area contributed by atoms with Gasteiger partial charge in [0.2, 0.25) is 10.0 Å². The van der Waals surface area contributed by atoms with Crippen molar-refractivity contribution in [2.75, 3.05) is 18.8 Å². The van der Waals surface area contributed by atoms with Crippen LogP contribution in [0.15, 0.2) is 0 Å². The van der Waals surface area contributed by atoms with Crippen LogP contribution in [0.1, 0.15) is 26.7 Å². The van der Waals surface area contributed by atoms with Crippen molar-refractivity contribution in [1.82, 2.24) is 10.0 Å². The van der Waals surface area contributed by atoms with Gasteiger partial charge in [-0.1, -0.05) is 6.92 Å². The number of sulfonamides is 1. The largest absolute Gasteiger partial charge is 0.313 e. The van der Waals surface area contributed by atoms with Crippen LogP contribution in [0.3, 0.4) is 0 Å². The van der Waals surface area contributed by atoms with Crippen molar-refractivity contribution in [3.8, 4) is 0 Å². The van der Waals surface area contributed by atoms with Gasteiger partial charge in [-0.3, -0.25) is 0 Å². The summed E-state index contributed by atoms with van der Waals surface area (Å²) in [5.74, 6) is 0.730. The monoisotopic (exact) mass is 220 g/mol. The quantitative estimate of drug-likeness (QED) is 0.649. The molecule has 0 aliphatic heterocycles. The lowest BCUT2D eigenvalue weighted by molar-refractivity contribution is 0.534. The van der Waals surface area contributed by atoms with Gasteiger partial charge in [0.15, 0.2) is 0 Å². The van der Waals surface area contributed by atoms with E-state index in [9.17, 15) is 8.42 Å². The summed E-state index contributed by atoms with van der Waals surface area (Å²) < 4.78 is 25.5. The van der Waals surface area contributed by atoms with Crippen molar-refractivity contribution < 1.29 is 8.42 Å². The van der Waals surface area contributed by atoms with E-state index in [0.717, 1.165) is 19.4 Å².